The van der Waals surface area contributed by atoms with Crippen LogP contribution in [0.5, 0.6) is 0 Å². The molecule has 6 heteroatoms. The molecule has 0 aliphatic carbocycles. The molecule has 1 aromatic rings. The van der Waals surface area contributed by atoms with E-state index >= 15 is 0 Å². The van der Waals surface area contributed by atoms with Gasteiger partial charge in [-0.05, 0) is 59.8 Å². The van der Waals surface area contributed by atoms with Crippen LogP contribution in [0.1, 0.15) is 23.2 Å². The second-order valence-corrected chi connectivity index (χ2v) is 7.48. The van der Waals surface area contributed by atoms with E-state index in [1.165, 1.54) is 0 Å². The molecule has 3 nitrogen and oxygen atoms in total. The average molecular weight is 366 g/mol. The Hall–Kier alpha value is -0.100. The topological polar surface area (TPSA) is 32.3 Å². The van der Waals surface area contributed by atoms with Gasteiger partial charge in [0.05, 0.1) is 9.35 Å². The predicted molar refractivity (Wildman–Crippen MR) is 84.3 cm³/mol. The highest BCUT2D eigenvalue weighted by molar-refractivity contribution is 9.11. The standard InChI is InChI=1S/C13H17BrN2OS.ClH/c14-12-5-11(8-18-12)13(17)16-3-1-9-6-15-7-10(9)2-4-16;/h5,8-10,15H,1-4,6-7H2;1H/t9-,10+;. The number of hydrogen-bond acceptors (Lipinski definition) is 3. The molecule has 2 fully saturated rings. The highest BCUT2D eigenvalue weighted by Crippen LogP contribution is 2.28. The molecule has 0 unspecified atom stereocenters. The van der Waals surface area contributed by atoms with Gasteiger partial charge in [0.25, 0.3) is 5.91 Å². The fourth-order valence-electron chi connectivity index (χ4n) is 3.03. The van der Waals surface area contributed by atoms with Gasteiger partial charge in [-0.25, -0.2) is 0 Å². The second kappa shape index (κ2) is 6.57. The third-order valence-electron chi connectivity index (χ3n) is 4.12. The van der Waals surface area contributed by atoms with Crippen LogP contribution in [0.4, 0.5) is 0 Å². The van der Waals surface area contributed by atoms with Crippen molar-refractivity contribution in [2.45, 2.75) is 12.8 Å². The van der Waals surface area contributed by atoms with E-state index in [0.717, 1.165) is 60.2 Å². The van der Waals surface area contributed by atoms with E-state index in [1.54, 1.807) is 11.3 Å². The van der Waals surface area contributed by atoms with Crippen LogP contribution in [-0.2, 0) is 0 Å². The number of carbonyl (C=O) groups is 1. The maximum Gasteiger partial charge on any atom is 0.254 e. The monoisotopic (exact) mass is 364 g/mol. The molecular weight excluding hydrogens is 348 g/mol. The number of nitrogens with one attached hydrogen (secondary N) is 1. The first-order chi connectivity index (χ1) is 8.74. The summed E-state index contributed by atoms with van der Waals surface area (Å²) in [5.41, 5.74) is 0.831. The number of carbonyl (C=O) groups excluding carboxylic acids is 1. The zero-order valence-corrected chi connectivity index (χ0v) is 13.8. The number of halogens is 2. The number of nitrogens with zero attached hydrogens (tertiary/aromatic N) is 1. The Morgan fingerprint density at radius 3 is 2.47 bits per heavy atom. The smallest absolute Gasteiger partial charge is 0.254 e. The summed E-state index contributed by atoms with van der Waals surface area (Å²) in [5.74, 6) is 1.75. The van der Waals surface area contributed by atoms with Gasteiger partial charge in [-0.2, -0.15) is 0 Å². The summed E-state index contributed by atoms with van der Waals surface area (Å²) in [5, 5.41) is 5.41. The van der Waals surface area contributed by atoms with E-state index in [4.69, 9.17) is 0 Å². The molecule has 2 saturated heterocycles. The van der Waals surface area contributed by atoms with Crippen molar-refractivity contribution in [2.24, 2.45) is 11.8 Å². The molecule has 1 amide bonds. The largest absolute Gasteiger partial charge is 0.339 e. The number of amides is 1. The molecule has 2 aliphatic heterocycles. The molecule has 1 aromatic heterocycles. The molecule has 0 saturated carbocycles. The van der Waals surface area contributed by atoms with Crippen molar-refractivity contribution in [1.29, 1.82) is 0 Å². The van der Waals surface area contributed by atoms with Crippen LogP contribution in [0.25, 0.3) is 0 Å². The number of likely N-dealkylation sites (tertiary alicyclic amines) is 1. The van der Waals surface area contributed by atoms with E-state index < -0.39 is 0 Å². The maximum atomic E-state index is 12.4. The van der Waals surface area contributed by atoms with Crippen molar-refractivity contribution in [2.75, 3.05) is 26.2 Å². The minimum atomic E-state index is 0. The number of fused-ring (bicyclic) bond motifs is 1. The quantitative estimate of drug-likeness (QED) is 0.830. The molecule has 2 atom stereocenters. The van der Waals surface area contributed by atoms with Crippen LogP contribution in [0.15, 0.2) is 15.2 Å². The normalized spacial score (nSPS) is 26.5. The summed E-state index contributed by atoms with van der Waals surface area (Å²) in [6.45, 7) is 4.09. The molecule has 3 heterocycles. The van der Waals surface area contributed by atoms with Crippen LogP contribution in [0.3, 0.4) is 0 Å². The van der Waals surface area contributed by atoms with Crippen LogP contribution in [-0.4, -0.2) is 37.0 Å². The van der Waals surface area contributed by atoms with Crippen molar-refractivity contribution in [3.05, 3.63) is 20.8 Å². The Morgan fingerprint density at radius 2 is 1.95 bits per heavy atom. The Labute approximate surface area is 132 Å². The first-order valence-electron chi connectivity index (χ1n) is 6.48. The third kappa shape index (κ3) is 3.32. The van der Waals surface area contributed by atoms with E-state index in [-0.39, 0.29) is 18.3 Å². The number of thiophene rings is 1. The Bertz CT molecular complexity index is 440. The molecular formula is C13H18BrClN2OS. The molecule has 0 spiro atoms. The minimum Gasteiger partial charge on any atom is -0.339 e. The van der Waals surface area contributed by atoms with Gasteiger partial charge in [-0.1, -0.05) is 0 Å². The summed E-state index contributed by atoms with van der Waals surface area (Å²) in [6.07, 6.45) is 2.30. The predicted octanol–water partition coefficient (Wildman–Crippen LogP) is 3.00. The molecule has 0 bridgehead atoms. The third-order valence-corrected chi connectivity index (χ3v) is 5.63. The van der Waals surface area contributed by atoms with Crippen LogP contribution < -0.4 is 5.32 Å². The summed E-state index contributed by atoms with van der Waals surface area (Å²) >= 11 is 5.00. The average Bonchev–Trinajstić information content (AvgIpc) is 2.94. The van der Waals surface area contributed by atoms with Crippen LogP contribution in [0, 0.1) is 11.8 Å². The van der Waals surface area contributed by atoms with Crippen LogP contribution >= 0.6 is 39.7 Å². The molecule has 0 radical (unpaired) electrons. The van der Waals surface area contributed by atoms with E-state index in [2.05, 4.69) is 21.2 Å². The zero-order valence-electron chi connectivity index (χ0n) is 10.6. The molecule has 3 rings (SSSR count). The van der Waals surface area contributed by atoms with Gasteiger partial charge in [0.2, 0.25) is 0 Å². The maximum absolute atomic E-state index is 12.4. The van der Waals surface area contributed by atoms with Gasteiger partial charge in [-0.3, -0.25) is 4.79 Å². The zero-order chi connectivity index (χ0) is 12.5. The van der Waals surface area contributed by atoms with E-state index in [0.29, 0.717) is 0 Å². The summed E-state index contributed by atoms with van der Waals surface area (Å²) in [4.78, 5) is 14.4. The van der Waals surface area contributed by atoms with Crippen molar-refractivity contribution < 1.29 is 4.79 Å². The van der Waals surface area contributed by atoms with Crippen molar-refractivity contribution in [1.82, 2.24) is 10.2 Å². The minimum absolute atomic E-state index is 0. The van der Waals surface area contributed by atoms with Crippen LogP contribution in [0.2, 0.25) is 0 Å². The Morgan fingerprint density at radius 1 is 1.32 bits per heavy atom. The van der Waals surface area contributed by atoms with Gasteiger partial charge in [0.1, 0.15) is 0 Å². The lowest BCUT2D eigenvalue weighted by Crippen LogP contribution is -2.32. The van der Waals surface area contributed by atoms with Crippen molar-refractivity contribution >= 4 is 45.6 Å². The fourth-order valence-corrected chi connectivity index (χ4v) is 4.16. The number of rotatable bonds is 1. The first-order valence-corrected chi connectivity index (χ1v) is 8.15. The summed E-state index contributed by atoms with van der Waals surface area (Å²) in [7, 11) is 0. The lowest BCUT2D eigenvalue weighted by Gasteiger charge is -2.20. The number of hydrogen-bond donors (Lipinski definition) is 1. The Balaban J connectivity index is 0.00000133. The van der Waals surface area contributed by atoms with Gasteiger partial charge < -0.3 is 10.2 Å². The highest BCUT2D eigenvalue weighted by atomic mass is 79.9. The fraction of sp³-hybridized carbons (Fsp3) is 0.615. The highest BCUT2D eigenvalue weighted by Gasteiger charge is 2.31. The molecule has 2 aliphatic rings. The van der Waals surface area contributed by atoms with E-state index in [1.807, 2.05) is 16.3 Å². The lowest BCUT2D eigenvalue weighted by atomic mass is 9.92. The van der Waals surface area contributed by atoms with Gasteiger partial charge in [-0.15, -0.1) is 23.7 Å². The van der Waals surface area contributed by atoms with E-state index in [9.17, 15) is 4.79 Å². The molecule has 19 heavy (non-hydrogen) atoms. The SMILES string of the molecule is Cl.O=C(c1csc(Br)c1)N1CC[C@@H]2CNC[C@@H]2CC1. The first kappa shape index (κ1) is 15.3. The molecule has 106 valence electrons. The Kier molecular flexibility index (Phi) is 5.29. The van der Waals surface area contributed by atoms with Crippen molar-refractivity contribution in [3.63, 3.8) is 0 Å². The van der Waals surface area contributed by atoms with Gasteiger partial charge in [0, 0.05) is 18.5 Å². The summed E-state index contributed by atoms with van der Waals surface area (Å²) < 4.78 is 1.03. The van der Waals surface area contributed by atoms with Crippen molar-refractivity contribution in [3.8, 4) is 0 Å². The van der Waals surface area contributed by atoms with Gasteiger partial charge >= 0.3 is 0 Å². The second-order valence-electron chi connectivity index (χ2n) is 5.19. The van der Waals surface area contributed by atoms with Gasteiger partial charge in [0.15, 0.2) is 0 Å². The molecule has 1 N–H and O–H groups in total. The summed E-state index contributed by atoms with van der Waals surface area (Å²) in [6, 6.07) is 1.93. The molecule has 0 aromatic carbocycles. The lowest BCUT2D eigenvalue weighted by molar-refractivity contribution is 0.0759.